The topological polar surface area (TPSA) is 76.7 Å². The first-order valence-electron chi connectivity index (χ1n) is 6.49. The molecule has 0 aromatic carbocycles. The lowest BCUT2D eigenvalue weighted by Gasteiger charge is -2.15. The van der Waals surface area contributed by atoms with Gasteiger partial charge < -0.3 is 11.1 Å². The van der Waals surface area contributed by atoms with Crippen molar-refractivity contribution in [1.29, 1.82) is 0 Å². The molecule has 0 aliphatic heterocycles. The highest BCUT2D eigenvalue weighted by Gasteiger charge is 2.07. The van der Waals surface area contributed by atoms with Crippen molar-refractivity contribution < 1.29 is 0 Å². The Labute approximate surface area is 113 Å². The first-order valence-corrected chi connectivity index (χ1v) is 6.49. The van der Waals surface area contributed by atoms with Crippen LogP contribution in [0.1, 0.15) is 37.7 Å². The molecule has 5 heteroatoms. The number of aryl methyl sites for hydroxylation is 1. The van der Waals surface area contributed by atoms with Gasteiger partial charge in [0, 0.05) is 24.9 Å². The molecular weight excluding hydrogens is 238 g/mol. The van der Waals surface area contributed by atoms with Crippen LogP contribution >= 0.6 is 0 Å². The third-order valence-electron chi connectivity index (χ3n) is 2.84. The summed E-state index contributed by atoms with van der Waals surface area (Å²) in [5.41, 5.74) is 6.96. The summed E-state index contributed by atoms with van der Waals surface area (Å²) in [7, 11) is 0. The molecule has 2 aromatic rings. The van der Waals surface area contributed by atoms with E-state index in [2.05, 4.69) is 34.1 Å². The van der Waals surface area contributed by atoms with Crippen molar-refractivity contribution in [2.24, 2.45) is 0 Å². The van der Waals surface area contributed by atoms with Gasteiger partial charge >= 0.3 is 0 Å². The van der Waals surface area contributed by atoms with E-state index in [1.807, 2.05) is 12.1 Å². The van der Waals surface area contributed by atoms with Crippen molar-refractivity contribution in [1.82, 2.24) is 15.0 Å². The van der Waals surface area contributed by atoms with Crippen molar-refractivity contribution in [3.63, 3.8) is 0 Å². The number of hydrogen-bond donors (Lipinski definition) is 2. The molecular formula is C14H19N5. The summed E-state index contributed by atoms with van der Waals surface area (Å²) in [5, 5.41) is 3.34. The number of aromatic nitrogens is 3. The summed E-state index contributed by atoms with van der Waals surface area (Å²) in [6, 6.07) is 5.87. The fourth-order valence-corrected chi connectivity index (χ4v) is 1.88. The molecule has 0 saturated heterocycles. The predicted molar refractivity (Wildman–Crippen MR) is 76.7 cm³/mol. The monoisotopic (exact) mass is 257 g/mol. The smallest absolute Gasteiger partial charge is 0.133 e. The second kappa shape index (κ2) is 6.13. The summed E-state index contributed by atoms with van der Waals surface area (Å²) in [6.07, 6.45) is 5.40. The van der Waals surface area contributed by atoms with Gasteiger partial charge in [0.1, 0.15) is 17.5 Å². The highest BCUT2D eigenvalue weighted by atomic mass is 15.1. The van der Waals surface area contributed by atoms with Gasteiger partial charge in [-0.1, -0.05) is 6.92 Å². The Morgan fingerprint density at radius 2 is 2.00 bits per heavy atom. The van der Waals surface area contributed by atoms with Crippen LogP contribution in [0.25, 0.3) is 0 Å². The standard InChI is InChI=1S/C14H19N5/c1-3-4-13-18-12(15)9-14(19-13)17-10(2)11-5-7-16-8-6-11/h5-10H,3-4H2,1-2H3,(H3,15,17,18,19). The molecule has 0 spiro atoms. The van der Waals surface area contributed by atoms with Crippen molar-refractivity contribution in [2.45, 2.75) is 32.7 Å². The van der Waals surface area contributed by atoms with Crippen LogP contribution in [0.3, 0.4) is 0 Å². The lowest BCUT2D eigenvalue weighted by Crippen LogP contribution is -2.10. The zero-order chi connectivity index (χ0) is 13.7. The molecule has 2 rings (SSSR count). The van der Waals surface area contributed by atoms with Gasteiger partial charge in [-0.2, -0.15) is 0 Å². The number of hydrogen-bond acceptors (Lipinski definition) is 5. The van der Waals surface area contributed by atoms with E-state index in [9.17, 15) is 0 Å². The minimum absolute atomic E-state index is 0.145. The molecule has 0 amide bonds. The van der Waals surface area contributed by atoms with Crippen LogP contribution in [0.4, 0.5) is 11.6 Å². The summed E-state index contributed by atoms with van der Waals surface area (Å²) in [6.45, 7) is 4.17. The molecule has 0 radical (unpaired) electrons. The summed E-state index contributed by atoms with van der Waals surface area (Å²) in [5.74, 6) is 2.05. The van der Waals surface area contributed by atoms with Crippen molar-refractivity contribution in [2.75, 3.05) is 11.1 Å². The maximum atomic E-state index is 5.80. The summed E-state index contributed by atoms with van der Waals surface area (Å²) >= 11 is 0. The molecule has 0 aliphatic rings. The molecule has 2 heterocycles. The fourth-order valence-electron chi connectivity index (χ4n) is 1.88. The average molecular weight is 257 g/mol. The number of nitrogens with zero attached hydrogens (tertiary/aromatic N) is 3. The molecule has 1 atom stereocenters. The van der Waals surface area contributed by atoms with E-state index in [0.29, 0.717) is 5.82 Å². The minimum atomic E-state index is 0.145. The number of nitrogen functional groups attached to an aromatic ring is 1. The van der Waals surface area contributed by atoms with E-state index >= 15 is 0 Å². The molecule has 1 unspecified atom stereocenters. The Kier molecular flexibility index (Phi) is 4.28. The third kappa shape index (κ3) is 3.64. The lowest BCUT2D eigenvalue weighted by molar-refractivity contribution is 0.821. The summed E-state index contributed by atoms with van der Waals surface area (Å²) in [4.78, 5) is 12.7. The van der Waals surface area contributed by atoms with E-state index in [1.165, 1.54) is 0 Å². The Morgan fingerprint density at radius 1 is 1.26 bits per heavy atom. The van der Waals surface area contributed by atoms with Crippen molar-refractivity contribution >= 4 is 11.6 Å². The number of nitrogens with one attached hydrogen (secondary N) is 1. The molecule has 0 saturated carbocycles. The van der Waals surface area contributed by atoms with Gasteiger partial charge in [0.25, 0.3) is 0 Å². The van der Waals surface area contributed by atoms with Crippen LogP contribution in [0.2, 0.25) is 0 Å². The first-order chi connectivity index (χ1) is 9.19. The molecule has 2 aromatic heterocycles. The minimum Gasteiger partial charge on any atom is -0.384 e. The number of anilines is 2. The van der Waals surface area contributed by atoms with Crippen LogP contribution in [-0.2, 0) is 6.42 Å². The maximum absolute atomic E-state index is 5.80. The Bertz CT molecular complexity index is 527. The Morgan fingerprint density at radius 3 is 2.68 bits per heavy atom. The Hall–Kier alpha value is -2.17. The van der Waals surface area contributed by atoms with Crippen LogP contribution in [0, 0.1) is 0 Å². The van der Waals surface area contributed by atoms with E-state index in [0.717, 1.165) is 30.0 Å². The van der Waals surface area contributed by atoms with E-state index in [1.54, 1.807) is 18.5 Å². The average Bonchev–Trinajstić information content (AvgIpc) is 2.39. The van der Waals surface area contributed by atoms with Gasteiger partial charge in [-0.05, 0) is 31.0 Å². The predicted octanol–water partition coefficient (Wildman–Crippen LogP) is 2.58. The zero-order valence-electron chi connectivity index (χ0n) is 11.3. The summed E-state index contributed by atoms with van der Waals surface area (Å²) < 4.78 is 0. The van der Waals surface area contributed by atoms with Crippen LogP contribution in [-0.4, -0.2) is 15.0 Å². The molecule has 0 fully saturated rings. The zero-order valence-corrected chi connectivity index (χ0v) is 11.3. The highest BCUT2D eigenvalue weighted by Crippen LogP contribution is 2.18. The van der Waals surface area contributed by atoms with Crippen molar-refractivity contribution in [3.05, 3.63) is 42.0 Å². The normalized spacial score (nSPS) is 12.1. The molecule has 19 heavy (non-hydrogen) atoms. The second-order valence-corrected chi connectivity index (χ2v) is 4.49. The van der Waals surface area contributed by atoms with Gasteiger partial charge in [0.2, 0.25) is 0 Å². The van der Waals surface area contributed by atoms with Gasteiger partial charge in [-0.15, -0.1) is 0 Å². The van der Waals surface area contributed by atoms with Gasteiger partial charge in [-0.3, -0.25) is 4.98 Å². The highest BCUT2D eigenvalue weighted by molar-refractivity contribution is 5.46. The number of rotatable bonds is 5. The Balaban J connectivity index is 2.14. The fraction of sp³-hybridized carbons (Fsp3) is 0.357. The van der Waals surface area contributed by atoms with Crippen LogP contribution in [0.15, 0.2) is 30.6 Å². The second-order valence-electron chi connectivity index (χ2n) is 4.49. The van der Waals surface area contributed by atoms with Gasteiger partial charge in [0.15, 0.2) is 0 Å². The SMILES string of the molecule is CCCc1nc(N)cc(NC(C)c2ccncc2)n1. The molecule has 3 N–H and O–H groups in total. The molecule has 0 aliphatic carbocycles. The number of pyridine rings is 1. The van der Waals surface area contributed by atoms with Crippen LogP contribution in [0.5, 0.6) is 0 Å². The molecule has 5 nitrogen and oxygen atoms in total. The first kappa shape index (κ1) is 13.3. The number of nitrogens with two attached hydrogens (primary N) is 1. The van der Waals surface area contributed by atoms with E-state index in [-0.39, 0.29) is 6.04 Å². The van der Waals surface area contributed by atoms with Crippen molar-refractivity contribution in [3.8, 4) is 0 Å². The van der Waals surface area contributed by atoms with Crippen LogP contribution < -0.4 is 11.1 Å². The van der Waals surface area contributed by atoms with Gasteiger partial charge in [0.05, 0.1) is 6.04 Å². The van der Waals surface area contributed by atoms with E-state index in [4.69, 9.17) is 5.73 Å². The maximum Gasteiger partial charge on any atom is 0.133 e. The molecule has 0 bridgehead atoms. The molecule has 100 valence electrons. The largest absolute Gasteiger partial charge is 0.384 e. The third-order valence-corrected chi connectivity index (χ3v) is 2.84. The van der Waals surface area contributed by atoms with E-state index < -0.39 is 0 Å². The lowest BCUT2D eigenvalue weighted by atomic mass is 10.1. The quantitative estimate of drug-likeness (QED) is 0.861. The van der Waals surface area contributed by atoms with Gasteiger partial charge in [-0.25, -0.2) is 9.97 Å².